The monoisotopic (exact) mass is 224 g/mol. The van der Waals surface area contributed by atoms with Crippen LogP contribution < -0.4 is 0 Å². The molecule has 0 spiro atoms. The van der Waals surface area contributed by atoms with Crippen LogP contribution in [0.5, 0.6) is 0 Å². The summed E-state index contributed by atoms with van der Waals surface area (Å²) in [4.78, 5) is 0. The Hall–Kier alpha value is -0.300. The molecule has 0 radical (unpaired) electrons. The maximum atomic E-state index is 2.18. The quantitative estimate of drug-likeness (QED) is 0.702. The third-order valence-electron chi connectivity index (χ3n) is 2.39. The zero-order valence-corrected chi connectivity index (χ0v) is 11.1. The van der Waals surface area contributed by atoms with Crippen LogP contribution in [0.2, 0.25) is 0 Å². The van der Waals surface area contributed by atoms with E-state index in [1.165, 1.54) is 11.1 Å². The smallest absolute Gasteiger partial charge is 1.00 e. The number of hydrogen-bond donors (Lipinski definition) is 0. The van der Waals surface area contributed by atoms with Crippen LogP contribution in [0.4, 0.5) is 0 Å². The summed E-state index contributed by atoms with van der Waals surface area (Å²) in [5.41, 5.74) is 2.83. The number of benzene rings is 2. The SMILES string of the molecule is [Ca+2].[H-].[H-].c1ccc(CCc2ccccc2)cc1. The summed E-state index contributed by atoms with van der Waals surface area (Å²) in [5, 5.41) is 0. The van der Waals surface area contributed by atoms with Gasteiger partial charge in [0.25, 0.3) is 0 Å². The fourth-order valence-electron chi connectivity index (χ4n) is 1.58. The molecule has 0 N–H and O–H groups in total. The molecule has 2 aromatic carbocycles. The number of aryl methyl sites for hydroxylation is 2. The maximum absolute atomic E-state index is 2.18. The zero-order valence-electron chi connectivity index (χ0n) is 10.9. The molecule has 2 rings (SSSR count). The predicted molar refractivity (Wildman–Crippen MR) is 68.3 cm³/mol. The molecule has 0 heterocycles. The fraction of sp³-hybridized carbons (Fsp3) is 0.143. The van der Waals surface area contributed by atoms with E-state index in [0.717, 1.165) is 12.8 Å². The van der Waals surface area contributed by atoms with Gasteiger partial charge < -0.3 is 2.85 Å². The van der Waals surface area contributed by atoms with Crippen LogP contribution in [-0.2, 0) is 12.8 Å². The summed E-state index contributed by atoms with van der Waals surface area (Å²) in [5.74, 6) is 0. The maximum Gasteiger partial charge on any atom is 2.00 e. The Labute approximate surface area is 124 Å². The molecule has 0 unspecified atom stereocenters. The van der Waals surface area contributed by atoms with E-state index in [4.69, 9.17) is 0 Å². The van der Waals surface area contributed by atoms with Crippen molar-refractivity contribution in [3.8, 4) is 0 Å². The van der Waals surface area contributed by atoms with E-state index in [9.17, 15) is 0 Å². The van der Waals surface area contributed by atoms with Gasteiger partial charge in [-0.05, 0) is 24.0 Å². The normalized spacial score (nSPS) is 9.33. The van der Waals surface area contributed by atoms with Crippen molar-refractivity contribution in [2.75, 3.05) is 0 Å². The van der Waals surface area contributed by atoms with Gasteiger partial charge in [-0.2, -0.15) is 0 Å². The molecule has 0 aliphatic rings. The Balaban J connectivity index is 0. The van der Waals surface area contributed by atoms with Crippen LogP contribution in [0.15, 0.2) is 60.7 Å². The van der Waals surface area contributed by atoms with Crippen molar-refractivity contribution in [2.45, 2.75) is 12.8 Å². The van der Waals surface area contributed by atoms with Crippen molar-refractivity contribution in [1.29, 1.82) is 0 Å². The predicted octanol–water partition coefficient (Wildman–Crippen LogP) is 3.32. The van der Waals surface area contributed by atoms with Crippen LogP contribution in [-0.4, -0.2) is 37.7 Å². The van der Waals surface area contributed by atoms with E-state index >= 15 is 0 Å². The second-order valence-electron chi connectivity index (χ2n) is 3.47. The molecule has 0 saturated carbocycles. The molecule has 0 bridgehead atoms. The van der Waals surface area contributed by atoms with Crippen molar-refractivity contribution >= 4 is 37.7 Å². The number of hydrogen-bond acceptors (Lipinski definition) is 0. The average Bonchev–Trinajstić information content (AvgIpc) is 2.29. The summed E-state index contributed by atoms with van der Waals surface area (Å²) in [6.45, 7) is 0. The van der Waals surface area contributed by atoms with Gasteiger partial charge in [0.2, 0.25) is 0 Å². The van der Waals surface area contributed by atoms with Crippen molar-refractivity contribution in [3.63, 3.8) is 0 Å². The minimum Gasteiger partial charge on any atom is -1.00 e. The van der Waals surface area contributed by atoms with Gasteiger partial charge in [0.15, 0.2) is 0 Å². The molecule has 15 heavy (non-hydrogen) atoms. The first-order valence-corrected chi connectivity index (χ1v) is 5.03. The van der Waals surface area contributed by atoms with E-state index in [1.54, 1.807) is 0 Å². The molecule has 0 atom stereocenters. The number of rotatable bonds is 3. The van der Waals surface area contributed by atoms with Crippen molar-refractivity contribution in [2.24, 2.45) is 0 Å². The Morgan fingerprint density at radius 1 is 0.600 bits per heavy atom. The summed E-state index contributed by atoms with van der Waals surface area (Å²) in [7, 11) is 0. The Morgan fingerprint density at radius 3 is 1.27 bits per heavy atom. The summed E-state index contributed by atoms with van der Waals surface area (Å²) < 4.78 is 0. The Morgan fingerprint density at radius 2 is 0.933 bits per heavy atom. The zero-order chi connectivity index (χ0) is 9.64. The molecule has 1 heteroatoms. The van der Waals surface area contributed by atoms with Gasteiger partial charge in [-0.1, -0.05) is 60.7 Å². The van der Waals surface area contributed by atoms with Gasteiger partial charge in [0.1, 0.15) is 0 Å². The van der Waals surface area contributed by atoms with Crippen molar-refractivity contribution in [3.05, 3.63) is 71.8 Å². The largest absolute Gasteiger partial charge is 2.00 e. The molecule has 0 saturated heterocycles. The van der Waals surface area contributed by atoms with E-state index < -0.39 is 0 Å². The van der Waals surface area contributed by atoms with Gasteiger partial charge in [-0.15, -0.1) is 0 Å². The summed E-state index contributed by atoms with van der Waals surface area (Å²) in [6.07, 6.45) is 2.26. The van der Waals surface area contributed by atoms with Crippen molar-refractivity contribution in [1.82, 2.24) is 0 Å². The van der Waals surface area contributed by atoms with Gasteiger partial charge in [0, 0.05) is 0 Å². The first-order valence-electron chi connectivity index (χ1n) is 5.03. The third kappa shape index (κ3) is 4.38. The summed E-state index contributed by atoms with van der Waals surface area (Å²) in [6, 6.07) is 21.2. The third-order valence-corrected chi connectivity index (χ3v) is 2.39. The molecule has 0 amide bonds. The Bertz CT molecular complexity index is 336. The molecular weight excluding hydrogens is 208 g/mol. The van der Waals surface area contributed by atoms with Gasteiger partial charge in [0.05, 0.1) is 0 Å². The van der Waals surface area contributed by atoms with Crippen LogP contribution in [0.1, 0.15) is 14.0 Å². The molecular formula is C14H16Ca. The van der Waals surface area contributed by atoms with Crippen LogP contribution in [0.3, 0.4) is 0 Å². The Kier molecular flexibility index (Phi) is 6.00. The molecule has 0 aliphatic carbocycles. The average molecular weight is 224 g/mol. The van der Waals surface area contributed by atoms with Crippen LogP contribution in [0, 0.1) is 0 Å². The second kappa shape index (κ2) is 7.05. The van der Waals surface area contributed by atoms with Crippen LogP contribution in [0.25, 0.3) is 0 Å². The summed E-state index contributed by atoms with van der Waals surface area (Å²) >= 11 is 0. The molecule has 0 aromatic heterocycles. The molecule has 0 nitrogen and oxygen atoms in total. The molecule has 0 aliphatic heterocycles. The molecule has 2 aromatic rings. The van der Waals surface area contributed by atoms with E-state index in [1.807, 2.05) is 0 Å². The topological polar surface area (TPSA) is 0 Å². The first kappa shape index (κ1) is 12.8. The van der Waals surface area contributed by atoms with E-state index in [0.29, 0.717) is 0 Å². The second-order valence-corrected chi connectivity index (χ2v) is 3.47. The molecule has 74 valence electrons. The van der Waals surface area contributed by atoms with E-state index in [2.05, 4.69) is 60.7 Å². The van der Waals surface area contributed by atoms with Gasteiger partial charge >= 0.3 is 37.7 Å². The van der Waals surface area contributed by atoms with Crippen molar-refractivity contribution < 1.29 is 2.85 Å². The van der Waals surface area contributed by atoms with E-state index in [-0.39, 0.29) is 40.6 Å². The van der Waals surface area contributed by atoms with Gasteiger partial charge in [-0.3, -0.25) is 0 Å². The first-order chi connectivity index (χ1) is 6.95. The molecule has 0 fully saturated rings. The minimum atomic E-state index is 0. The van der Waals surface area contributed by atoms with Gasteiger partial charge in [-0.25, -0.2) is 0 Å². The van der Waals surface area contributed by atoms with Crippen LogP contribution >= 0.6 is 0 Å². The minimum absolute atomic E-state index is 0. The standard InChI is InChI=1S/C14H14.Ca.2H/c1-3-7-13(8-4-1)11-12-14-9-5-2-6-10-14;;;/h1-10H,11-12H2;;;/q;+2;2*-1. The fourth-order valence-corrected chi connectivity index (χ4v) is 1.58.